The zero-order valence-electron chi connectivity index (χ0n) is 12.7. The Morgan fingerprint density at radius 1 is 1.35 bits per heavy atom. The fourth-order valence-electron chi connectivity index (χ4n) is 3.56. The third-order valence-corrected chi connectivity index (χ3v) is 4.57. The van der Waals surface area contributed by atoms with Gasteiger partial charge in [0.05, 0.1) is 0 Å². The Hall–Kier alpha value is -1.06. The molecule has 0 saturated carbocycles. The molecule has 2 aliphatic rings. The summed E-state index contributed by atoms with van der Waals surface area (Å²) < 4.78 is 6.18. The van der Waals surface area contributed by atoms with Gasteiger partial charge in [0.1, 0.15) is 11.4 Å². The van der Waals surface area contributed by atoms with Crippen LogP contribution in [0.15, 0.2) is 18.2 Å². The van der Waals surface area contributed by atoms with E-state index in [2.05, 4.69) is 36.9 Å². The van der Waals surface area contributed by atoms with Gasteiger partial charge >= 0.3 is 0 Å². The minimum absolute atomic E-state index is 0.0619. The predicted octanol–water partition coefficient (Wildman–Crippen LogP) is 2.71. The molecule has 3 nitrogen and oxygen atoms in total. The summed E-state index contributed by atoms with van der Waals surface area (Å²) in [4.78, 5) is 2.54. The standard InChI is InChI=1S/C17H26N2O/c1-17(2)10-13-6-5-7-14(16(13)20-17)12-19-9-4-3-8-15(19)11-18/h5-7,15H,3-4,8-12,18H2,1-2H3. The minimum Gasteiger partial charge on any atom is -0.487 e. The minimum atomic E-state index is -0.0619. The van der Waals surface area contributed by atoms with E-state index < -0.39 is 0 Å². The third kappa shape index (κ3) is 2.70. The van der Waals surface area contributed by atoms with Crippen LogP contribution in [0.3, 0.4) is 0 Å². The van der Waals surface area contributed by atoms with Gasteiger partial charge in [-0.3, -0.25) is 4.90 Å². The second-order valence-corrected chi connectivity index (χ2v) is 6.80. The molecule has 0 amide bonds. The van der Waals surface area contributed by atoms with Gasteiger partial charge in [0.15, 0.2) is 0 Å². The third-order valence-electron chi connectivity index (χ3n) is 4.57. The molecule has 2 heterocycles. The van der Waals surface area contributed by atoms with Crippen molar-refractivity contribution >= 4 is 0 Å². The van der Waals surface area contributed by atoms with E-state index in [1.807, 2.05) is 0 Å². The summed E-state index contributed by atoms with van der Waals surface area (Å²) in [6, 6.07) is 7.11. The normalized spacial score (nSPS) is 25.2. The lowest BCUT2D eigenvalue weighted by atomic mass is 9.98. The maximum Gasteiger partial charge on any atom is 0.127 e. The Kier molecular flexibility index (Phi) is 3.74. The summed E-state index contributed by atoms with van der Waals surface area (Å²) in [6.07, 6.45) is 4.85. The number of ether oxygens (including phenoxy) is 1. The summed E-state index contributed by atoms with van der Waals surface area (Å²) in [7, 11) is 0. The van der Waals surface area contributed by atoms with Crippen molar-refractivity contribution in [3.8, 4) is 5.75 Å². The Bertz CT molecular complexity index is 484. The van der Waals surface area contributed by atoms with Crippen LogP contribution < -0.4 is 10.5 Å². The highest BCUT2D eigenvalue weighted by molar-refractivity contribution is 5.45. The van der Waals surface area contributed by atoms with E-state index in [0.29, 0.717) is 6.04 Å². The Balaban J connectivity index is 1.80. The number of hydrogen-bond donors (Lipinski definition) is 1. The number of likely N-dealkylation sites (tertiary alicyclic amines) is 1. The molecule has 3 rings (SSSR count). The first-order valence-electron chi connectivity index (χ1n) is 7.83. The SMILES string of the molecule is CC1(C)Cc2cccc(CN3CCCCC3CN)c2O1. The summed E-state index contributed by atoms with van der Waals surface area (Å²) in [5, 5.41) is 0. The second kappa shape index (κ2) is 5.38. The smallest absolute Gasteiger partial charge is 0.127 e. The molecule has 1 aromatic carbocycles. The zero-order chi connectivity index (χ0) is 14.2. The van der Waals surface area contributed by atoms with Crippen molar-refractivity contribution in [2.24, 2.45) is 5.73 Å². The van der Waals surface area contributed by atoms with Gasteiger partial charge in [0.25, 0.3) is 0 Å². The maximum atomic E-state index is 6.18. The quantitative estimate of drug-likeness (QED) is 0.921. The van der Waals surface area contributed by atoms with Gasteiger partial charge in [-0.1, -0.05) is 24.6 Å². The summed E-state index contributed by atoms with van der Waals surface area (Å²) in [6.45, 7) is 7.23. The first-order chi connectivity index (χ1) is 9.59. The van der Waals surface area contributed by atoms with Crippen molar-refractivity contribution in [1.29, 1.82) is 0 Å². The summed E-state index contributed by atoms with van der Waals surface area (Å²) in [5.41, 5.74) is 8.55. The van der Waals surface area contributed by atoms with Crippen LogP contribution in [0.1, 0.15) is 44.2 Å². The molecule has 1 atom stereocenters. The zero-order valence-corrected chi connectivity index (χ0v) is 12.7. The maximum absolute atomic E-state index is 6.18. The number of para-hydroxylation sites is 1. The second-order valence-electron chi connectivity index (χ2n) is 6.80. The lowest BCUT2D eigenvalue weighted by Gasteiger charge is -2.35. The molecule has 20 heavy (non-hydrogen) atoms. The van der Waals surface area contributed by atoms with E-state index in [-0.39, 0.29) is 5.60 Å². The average Bonchev–Trinajstić information content (AvgIpc) is 2.74. The number of piperidine rings is 1. The molecule has 1 aromatic rings. The van der Waals surface area contributed by atoms with Crippen molar-refractivity contribution in [2.75, 3.05) is 13.1 Å². The molecule has 1 saturated heterocycles. The van der Waals surface area contributed by atoms with Gasteiger partial charge in [-0.2, -0.15) is 0 Å². The molecule has 110 valence electrons. The highest BCUT2D eigenvalue weighted by atomic mass is 16.5. The topological polar surface area (TPSA) is 38.5 Å². The highest BCUT2D eigenvalue weighted by Crippen LogP contribution is 2.38. The molecule has 2 N–H and O–H groups in total. The lowest BCUT2D eigenvalue weighted by molar-refractivity contribution is 0.125. The van der Waals surface area contributed by atoms with Crippen LogP contribution in [0.2, 0.25) is 0 Å². The summed E-state index contributed by atoms with van der Waals surface area (Å²) in [5.74, 6) is 1.12. The number of fused-ring (bicyclic) bond motifs is 1. The molecule has 2 aliphatic heterocycles. The molecule has 0 aliphatic carbocycles. The molecule has 0 aromatic heterocycles. The van der Waals surface area contributed by atoms with Crippen molar-refractivity contribution < 1.29 is 4.74 Å². The van der Waals surface area contributed by atoms with Crippen LogP contribution >= 0.6 is 0 Å². The van der Waals surface area contributed by atoms with Gasteiger partial charge < -0.3 is 10.5 Å². The molecule has 1 unspecified atom stereocenters. The average molecular weight is 274 g/mol. The van der Waals surface area contributed by atoms with Gasteiger partial charge in [-0.25, -0.2) is 0 Å². The van der Waals surface area contributed by atoms with E-state index in [4.69, 9.17) is 10.5 Å². The largest absolute Gasteiger partial charge is 0.487 e. The number of benzene rings is 1. The van der Waals surface area contributed by atoms with Crippen LogP contribution in [0.5, 0.6) is 5.75 Å². The fraction of sp³-hybridized carbons (Fsp3) is 0.647. The van der Waals surface area contributed by atoms with Crippen LogP contribution in [0.25, 0.3) is 0 Å². The van der Waals surface area contributed by atoms with Gasteiger partial charge in [0, 0.05) is 31.1 Å². The molecular weight excluding hydrogens is 248 g/mol. The van der Waals surface area contributed by atoms with Crippen molar-refractivity contribution in [1.82, 2.24) is 4.90 Å². The van der Waals surface area contributed by atoms with Crippen LogP contribution in [0, 0.1) is 0 Å². The summed E-state index contributed by atoms with van der Waals surface area (Å²) >= 11 is 0. The number of nitrogens with zero attached hydrogens (tertiary/aromatic N) is 1. The van der Waals surface area contributed by atoms with Gasteiger partial charge in [-0.15, -0.1) is 0 Å². The molecule has 0 bridgehead atoms. The van der Waals surface area contributed by atoms with E-state index in [1.165, 1.54) is 30.4 Å². The van der Waals surface area contributed by atoms with Crippen molar-refractivity contribution in [2.45, 2.75) is 57.7 Å². The van der Waals surface area contributed by atoms with Crippen LogP contribution in [-0.4, -0.2) is 29.6 Å². The predicted molar refractivity (Wildman–Crippen MR) is 82.0 cm³/mol. The molecule has 1 fully saturated rings. The Labute approximate surface area is 122 Å². The van der Waals surface area contributed by atoms with E-state index in [1.54, 1.807) is 0 Å². The molecular formula is C17H26N2O. The molecule has 0 spiro atoms. The fourth-order valence-corrected chi connectivity index (χ4v) is 3.56. The van der Waals surface area contributed by atoms with Crippen molar-refractivity contribution in [3.05, 3.63) is 29.3 Å². The van der Waals surface area contributed by atoms with E-state index in [0.717, 1.165) is 31.8 Å². The Morgan fingerprint density at radius 2 is 2.20 bits per heavy atom. The van der Waals surface area contributed by atoms with Crippen molar-refractivity contribution in [3.63, 3.8) is 0 Å². The van der Waals surface area contributed by atoms with Crippen LogP contribution in [-0.2, 0) is 13.0 Å². The first-order valence-corrected chi connectivity index (χ1v) is 7.83. The number of hydrogen-bond acceptors (Lipinski definition) is 3. The van der Waals surface area contributed by atoms with Gasteiger partial charge in [0.2, 0.25) is 0 Å². The number of rotatable bonds is 3. The van der Waals surface area contributed by atoms with E-state index >= 15 is 0 Å². The lowest BCUT2D eigenvalue weighted by Crippen LogP contribution is -2.43. The van der Waals surface area contributed by atoms with E-state index in [9.17, 15) is 0 Å². The number of nitrogens with two attached hydrogens (primary N) is 1. The highest BCUT2D eigenvalue weighted by Gasteiger charge is 2.32. The Morgan fingerprint density at radius 3 is 3.00 bits per heavy atom. The van der Waals surface area contributed by atoms with Crippen LogP contribution in [0.4, 0.5) is 0 Å². The molecule has 0 radical (unpaired) electrons. The molecule has 3 heteroatoms. The monoisotopic (exact) mass is 274 g/mol. The van der Waals surface area contributed by atoms with Gasteiger partial charge in [-0.05, 0) is 38.8 Å². The first kappa shape index (κ1) is 13.9.